The van der Waals surface area contributed by atoms with Crippen LogP contribution < -0.4 is 4.74 Å². The number of carbonyl (C=O) groups excluding carboxylic acids is 2. The summed E-state index contributed by atoms with van der Waals surface area (Å²) >= 11 is 1.29. The maximum Gasteiger partial charge on any atom is 0.353 e. The fourth-order valence-electron chi connectivity index (χ4n) is 2.48. The zero-order valence-corrected chi connectivity index (χ0v) is 14.9. The molecule has 1 heterocycles. The van der Waals surface area contributed by atoms with Gasteiger partial charge in [-0.25, -0.2) is 9.18 Å². The van der Waals surface area contributed by atoms with Crippen molar-refractivity contribution in [3.8, 4) is 5.75 Å². The van der Waals surface area contributed by atoms with E-state index in [-0.39, 0.29) is 5.75 Å². The van der Waals surface area contributed by atoms with Crippen molar-refractivity contribution in [2.45, 2.75) is 40.0 Å². The van der Waals surface area contributed by atoms with Gasteiger partial charge in [0.1, 0.15) is 11.2 Å². The Bertz CT molecular complexity index is 732. The molecule has 0 aliphatic heterocycles. The van der Waals surface area contributed by atoms with Crippen molar-refractivity contribution < 1.29 is 18.7 Å². The van der Waals surface area contributed by atoms with Crippen LogP contribution in [0.2, 0.25) is 0 Å². The number of aryl methyl sites for hydroxylation is 1. The Kier molecular flexibility index (Phi) is 5.89. The summed E-state index contributed by atoms with van der Waals surface area (Å²) < 4.78 is 18.9. The summed E-state index contributed by atoms with van der Waals surface area (Å²) in [6.45, 7) is 5.74. The Morgan fingerprint density at radius 3 is 2.54 bits per heavy atom. The second kappa shape index (κ2) is 7.71. The number of hydrogen-bond acceptors (Lipinski definition) is 4. The molecular formula is C19H21FO3S. The highest BCUT2D eigenvalue weighted by atomic mass is 32.1. The largest absolute Gasteiger partial charge is 0.419 e. The Morgan fingerprint density at radius 1 is 1.25 bits per heavy atom. The first kappa shape index (κ1) is 18.3. The maximum atomic E-state index is 13.8. The first-order chi connectivity index (χ1) is 11.4. The number of hydrogen-bond donors (Lipinski definition) is 0. The number of rotatable bonds is 7. The predicted molar refractivity (Wildman–Crippen MR) is 93.2 cm³/mol. The number of aldehydes is 1. The van der Waals surface area contributed by atoms with Crippen LogP contribution in [0.4, 0.5) is 4.39 Å². The molecule has 0 saturated heterocycles. The standard InChI is InChI=1S/C19H21FO3S/c1-4-19(5-2,12-21)11-14-7-9-17(24-14)18(22)23-16-8-6-13(3)10-15(16)20/h6-10,12H,4-5,11H2,1-3H3. The summed E-state index contributed by atoms with van der Waals surface area (Å²) in [7, 11) is 0. The van der Waals surface area contributed by atoms with E-state index in [1.807, 2.05) is 19.9 Å². The summed E-state index contributed by atoms with van der Waals surface area (Å²) in [4.78, 5) is 24.9. The Morgan fingerprint density at radius 2 is 1.96 bits per heavy atom. The van der Waals surface area contributed by atoms with E-state index >= 15 is 0 Å². The van der Waals surface area contributed by atoms with Crippen molar-refractivity contribution in [1.29, 1.82) is 0 Å². The molecule has 3 nitrogen and oxygen atoms in total. The van der Waals surface area contributed by atoms with Gasteiger partial charge in [-0.15, -0.1) is 11.3 Å². The van der Waals surface area contributed by atoms with E-state index in [1.165, 1.54) is 23.5 Å². The molecule has 0 fully saturated rings. The quantitative estimate of drug-likeness (QED) is 0.403. The minimum absolute atomic E-state index is 0.0788. The third kappa shape index (κ3) is 4.09. The highest BCUT2D eigenvalue weighted by Crippen LogP contribution is 2.32. The van der Waals surface area contributed by atoms with E-state index in [2.05, 4.69) is 0 Å². The number of ether oxygens (including phenoxy) is 1. The summed E-state index contributed by atoms with van der Waals surface area (Å²) in [5.74, 6) is -1.22. The molecule has 0 spiro atoms. The lowest BCUT2D eigenvalue weighted by molar-refractivity contribution is -0.116. The van der Waals surface area contributed by atoms with Crippen LogP contribution in [-0.2, 0) is 11.2 Å². The zero-order chi connectivity index (χ0) is 17.7. The second-order valence-corrected chi connectivity index (χ2v) is 7.12. The molecule has 2 aromatic rings. The molecule has 0 atom stereocenters. The van der Waals surface area contributed by atoms with E-state index in [4.69, 9.17) is 4.74 Å². The Labute approximate surface area is 145 Å². The molecule has 1 aromatic heterocycles. The molecule has 1 aromatic carbocycles. The van der Waals surface area contributed by atoms with Crippen LogP contribution in [0.5, 0.6) is 5.75 Å². The number of carbonyl (C=O) groups is 2. The predicted octanol–water partition coefficient (Wildman–Crippen LogP) is 4.96. The number of halogens is 1. The van der Waals surface area contributed by atoms with Crippen molar-refractivity contribution >= 4 is 23.6 Å². The number of thiophene rings is 1. The molecule has 0 N–H and O–H groups in total. The van der Waals surface area contributed by atoms with Crippen LogP contribution in [0, 0.1) is 18.2 Å². The molecule has 0 aliphatic rings. The van der Waals surface area contributed by atoms with Gasteiger partial charge in [-0.05, 0) is 56.0 Å². The Hall–Kier alpha value is -2.01. The van der Waals surface area contributed by atoms with Crippen molar-refractivity contribution in [1.82, 2.24) is 0 Å². The monoisotopic (exact) mass is 348 g/mol. The summed E-state index contributed by atoms with van der Waals surface area (Å²) in [5, 5.41) is 0. The van der Waals surface area contributed by atoms with E-state index in [1.54, 1.807) is 19.1 Å². The highest BCUT2D eigenvalue weighted by Gasteiger charge is 2.27. The molecule has 0 radical (unpaired) electrons. The smallest absolute Gasteiger partial charge is 0.353 e. The fourth-order valence-corrected chi connectivity index (χ4v) is 3.52. The topological polar surface area (TPSA) is 43.4 Å². The molecule has 0 unspecified atom stereocenters. The van der Waals surface area contributed by atoms with Gasteiger partial charge in [-0.2, -0.15) is 0 Å². The van der Waals surface area contributed by atoms with E-state index in [9.17, 15) is 14.0 Å². The molecule has 0 aliphatic carbocycles. The van der Waals surface area contributed by atoms with Gasteiger partial charge in [-0.1, -0.05) is 19.9 Å². The van der Waals surface area contributed by atoms with Gasteiger partial charge in [0.25, 0.3) is 0 Å². The van der Waals surface area contributed by atoms with E-state index < -0.39 is 17.2 Å². The van der Waals surface area contributed by atoms with Crippen LogP contribution in [0.1, 0.15) is 46.8 Å². The highest BCUT2D eigenvalue weighted by molar-refractivity contribution is 7.13. The molecule has 0 amide bonds. The van der Waals surface area contributed by atoms with E-state index in [0.717, 1.165) is 29.6 Å². The van der Waals surface area contributed by atoms with Crippen molar-refractivity contribution in [3.05, 3.63) is 51.5 Å². The molecule has 128 valence electrons. The normalized spacial score (nSPS) is 11.3. The minimum atomic E-state index is -0.585. The summed E-state index contributed by atoms with van der Waals surface area (Å²) in [6, 6.07) is 7.95. The molecule has 2 rings (SSSR count). The summed E-state index contributed by atoms with van der Waals surface area (Å²) in [5.41, 5.74) is 0.366. The molecule has 24 heavy (non-hydrogen) atoms. The fraction of sp³-hybridized carbons (Fsp3) is 0.368. The third-order valence-electron chi connectivity index (χ3n) is 4.34. The molecule has 5 heteroatoms. The maximum absolute atomic E-state index is 13.8. The van der Waals surface area contributed by atoms with Crippen molar-refractivity contribution in [2.24, 2.45) is 5.41 Å². The number of esters is 1. The molecular weight excluding hydrogens is 327 g/mol. The number of benzene rings is 1. The van der Waals surface area contributed by atoms with Gasteiger partial charge >= 0.3 is 5.97 Å². The van der Waals surface area contributed by atoms with Crippen molar-refractivity contribution in [2.75, 3.05) is 0 Å². The lowest BCUT2D eigenvalue weighted by atomic mass is 9.80. The minimum Gasteiger partial charge on any atom is -0.419 e. The van der Waals surface area contributed by atoms with Gasteiger partial charge in [-0.3, -0.25) is 0 Å². The third-order valence-corrected chi connectivity index (χ3v) is 5.40. The van der Waals surface area contributed by atoms with Gasteiger partial charge in [0.2, 0.25) is 0 Å². The zero-order valence-electron chi connectivity index (χ0n) is 14.1. The Balaban J connectivity index is 2.12. The average Bonchev–Trinajstić information content (AvgIpc) is 3.04. The van der Waals surface area contributed by atoms with Gasteiger partial charge in [0.15, 0.2) is 11.6 Å². The molecule has 0 saturated carbocycles. The molecule has 0 bridgehead atoms. The van der Waals surface area contributed by atoms with Crippen LogP contribution >= 0.6 is 11.3 Å². The van der Waals surface area contributed by atoms with E-state index in [0.29, 0.717) is 11.3 Å². The summed E-state index contributed by atoms with van der Waals surface area (Å²) in [6.07, 6.45) is 3.10. The SMILES string of the molecule is CCC(C=O)(CC)Cc1ccc(C(=O)Oc2ccc(C)cc2F)s1. The van der Waals surface area contributed by atoms with Gasteiger partial charge in [0.05, 0.1) is 0 Å². The van der Waals surface area contributed by atoms with Crippen LogP contribution in [0.3, 0.4) is 0 Å². The van der Waals surface area contributed by atoms with Gasteiger partial charge < -0.3 is 9.53 Å². The van der Waals surface area contributed by atoms with Crippen molar-refractivity contribution in [3.63, 3.8) is 0 Å². The van der Waals surface area contributed by atoms with Crippen LogP contribution in [0.25, 0.3) is 0 Å². The first-order valence-electron chi connectivity index (χ1n) is 7.96. The van der Waals surface area contributed by atoms with Gasteiger partial charge in [0, 0.05) is 10.3 Å². The van der Waals surface area contributed by atoms with Crippen LogP contribution in [-0.4, -0.2) is 12.3 Å². The second-order valence-electron chi connectivity index (χ2n) is 5.95. The van der Waals surface area contributed by atoms with Crippen LogP contribution in [0.15, 0.2) is 30.3 Å². The lowest BCUT2D eigenvalue weighted by Gasteiger charge is -2.23. The average molecular weight is 348 g/mol. The lowest BCUT2D eigenvalue weighted by Crippen LogP contribution is -2.23. The first-order valence-corrected chi connectivity index (χ1v) is 8.78.